The summed E-state index contributed by atoms with van der Waals surface area (Å²) in [6.45, 7) is 0.424. The molecule has 4 aromatic rings. The third-order valence-corrected chi connectivity index (χ3v) is 5.44. The number of para-hydroxylation sites is 1. The predicted molar refractivity (Wildman–Crippen MR) is 128 cm³/mol. The van der Waals surface area contributed by atoms with E-state index < -0.39 is 10.8 Å². The minimum Gasteiger partial charge on any atom is -0.454 e. The van der Waals surface area contributed by atoms with Gasteiger partial charge in [0.15, 0.2) is 17.2 Å². The van der Waals surface area contributed by atoms with E-state index in [0.29, 0.717) is 22.9 Å². The van der Waals surface area contributed by atoms with Crippen LogP contribution in [0.15, 0.2) is 79.0 Å². The Morgan fingerprint density at radius 2 is 1.81 bits per heavy atom. The molecule has 0 aliphatic carbocycles. The number of ether oxygens (including phenoxy) is 2. The Bertz CT molecular complexity index is 1480. The molecule has 0 radical (unpaired) electrons. The second-order valence-electron chi connectivity index (χ2n) is 7.79. The molecule has 5 rings (SSSR count). The Balaban J connectivity index is 1.27. The lowest BCUT2D eigenvalue weighted by molar-refractivity contribution is -0.384. The van der Waals surface area contributed by atoms with Crippen LogP contribution in [0, 0.1) is 10.1 Å². The van der Waals surface area contributed by atoms with Crippen LogP contribution in [0.3, 0.4) is 0 Å². The first kappa shape index (κ1) is 22.6. The first-order valence-electron chi connectivity index (χ1n) is 10.9. The van der Waals surface area contributed by atoms with Gasteiger partial charge in [0, 0.05) is 24.9 Å². The number of hydrogen-bond acceptors (Lipinski definition) is 7. The van der Waals surface area contributed by atoms with E-state index in [1.54, 1.807) is 42.5 Å². The highest BCUT2D eigenvalue weighted by Gasteiger charge is 2.18. The van der Waals surface area contributed by atoms with Crippen molar-refractivity contribution in [3.63, 3.8) is 0 Å². The number of nitrogens with zero attached hydrogens (tertiary/aromatic N) is 3. The number of fused-ring (bicyclic) bond motifs is 1. The smallest absolute Gasteiger partial charge is 0.276 e. The molecule has 1 aromatic heterocycles. The predicted octanol–water partition coefficient (Wildman–Crippen LogP) is 3.69. The van der Waals surface area contributed by atoms with Crippen LogP contribution in [0.25, 0.3) is 5.69 Å². The summed E-state index contributed by atoms with van der Waals surface area (Å²) in [5.41, 5.74) is 1.86. The van der Waals surface area contributed by atoms with E-state index in [4.69, 9.17) is 9.47 Å². The highest BCUT2D eigenvalue weighted by atomic mass is 16.7. The summed E-state index contributed by atoms with van der Waals surface area (Å²) in [4.78, 5) is 36.2. The largest absolute Gasteiger partial charge is 0.454 e. The third kappa shape index (κ3) is 4.71. The number of nitro groups is 1. The number of carbonyl (C=O) groups excluding carboxylic acids is 2. The molecular formula is C25H19N5O6. The average molecular weight is 485 g/mol. The lowest BCUT2D eigenvalue weighted by Crippen LogP contribution is -2.25. The Labute approximate surface area is 204 Å². The molecule has 180 valence electrons. The molecule has 0 atom stereocenters. The summed E-state index contributed by atoms with van der Waals surface area (Å²) in [6.07, 6.45) is 1.53. The van der Waals surface area contributed by atoms with Gasteiger partial charge in [-0.15, -0.1) is 0 Å². The number of rotatable bonds is 7. The van der Waals surface area contributed by atoms with Crippen LogP contribution in [0.1, 0.15) is 26.4 Å². The molecule has 1 aliphatic heterocycles. The van der Waals surface area contributed by atoms with Crippen molar-refractivity contribution >= 4 is 23.2 Å². The van der Waals surface area contributed by atoms with Crippen LogP contribution >= 0.6 is 0 Å². The average Bonchev–Trinajstić information content (AvgIpc) is 3.57. The molecular weight excluding hydrogens is 466 g/mol. The highest BCUT2D eigenvalue weighted by Crippen LogP contribution is 2.32. The molecule has 0 fully saturated rings. The van der Waals surface area contributed by atoms with Crippen molar-refractivity contribution < 1.29 is 24.0 Å². The highest BCUT2D eigenvalue weighted by molar-refractivity contribution is 6.08. The van der Waals surface area contributed by atoms with E-state index >= 15 is 0 Å². The maximum absolute atomic E-state index is 12.9. The normalized spacial score (nSPS) is 11.7. The molecule has 2 heterocycles. The fourth-order valence-corrected chi connectivity index (χ4v) is 3.64. The van der Waals surface area contributed by atoms with E-state index in [9.17, 15) is 19.7 Å². The fraction of sp³-hybridized carbons (Fsp3) is 0.0800. The summed E-state index contributed by atoms with van der Waals surface area (Å²) in [5.74, 6) is 0.380. The number of nitrogens with one attached hydrogen (secondary N) is 2. The van der Waals surface area contributed by atoms with Gasteiger partial charge in [-0.25, -0.2) is 4.68 Å². The molecule has 0 bridgehead atoms. The molecule has 36 heavy (non-hydrogen) atoms. The van der Waals surface area contributed by atoms with E-state index in [2.05, 4.69) is 15.7 Å². The number of aromatic nitrogens is 2. The Morgan fingerprint density at radius 1 is 0.972 bits per heavy atom. The summed E-state index contributed by atoms with van der Waals surface area (Å²) in [6, 6.07) is 19.4. The lowest BCUT2D eigenvalue weighted by Gasteiger charge is -2.11. The maximum atomic E-state index is 12.9. The van der Waals surface area contributed by atoms with Crippen LogP contribution in [0.5, 0.6) is 11.5 Å². The Hall–Kier alpha value is -5.19. The van der Waals surface area contributed by atoms with Gasteiger partial charge in [0.25, 0.3) is 17.5 Å². The number of benzene rings is 3. The van der Waals surface area contributed by atoms with Crippen molar-refractivity contribution in [2.45, 2.75) is 6.54 Å². The lowest BCUT2D eigenvalue weighted by atomic mass is 10.1. The van der Waals surface area contributed by atoms with E-state index in [1.807, 2.05) is 6.07 Å². The maximum Gasteiger partial charge on any atom is 0.276 e. The van der Waals surface area contributed by atoms with Crippen LogP contribution in [-0.4, -0.2) is 33.3 Å². The standard InChI is InChI=1S/C25H19N5O6/c31-24(26-14-16-8-9-22-23(12-16)36-15-35-22)19-6-1-2-7-20(19)27-25(32)21-10-11-29(28-21)17-4-3-5-18(13-17)30(33)34/h1-13H,14-15H2,(H,26,31)(H,27,32). The van der Waals surface area contributed by atoms with Crippen LogP contribution in [0.4, 0.5) is 11.4 Å². The minimum absolute atomic E-state index is 0.0806. The zero-order chi connectivity index (χ0) is 25.1. The topological polar surface area (TPSA) is 138 Å². The molecule has 2 N–H and O–H groups in total. The van der Waals surface area contributed by atoms with Gasteiger partial charge in [-0.1, -0.05) is 24.3 Å². The number of carbonyl (C=O) groups is 2. The van der Waals surface area contributed by atoms with Crippen molar-refractivity contribution in [2.24, 2.45) is 0 Å². The summed E-state index contributed by atoms with van der Waals surface area (Å²) in [7, 11) is 0. The monoisotopic (exact) mass is 485 g/mol. The zero-order valence-corrected chi connectivity index (χ0v) is 18.7. The van der Waals surface area contributed by atoms with Gasteiger partial charge < -0.3 is 20.1 Å². The Kier molecular flexibility index (Phi) is 6.02. The van der Waals surface area contributed by atoms with Crippen molar-refractivity contribution in [3.8, 4) is 17.2 Å². The van der Waals surface area contributed by atoms with Crippen LogP contribution < -0.4 is 20.1 Å². The molecule has 11 nitrogen and oxygen atoms in total. The zero-order valence-electron chi connectivity index (χ0n) is 18.7. The van der Waals surface area contributed by atoms with Crippen molar-refractivity contribution in [2.75, 3.05) is 12.1 Å². The number of amides is 2. The SMILES string of the molecule is O=C(Nc1ccccc1C(=O)NCc1ccc2c(c1)OCO2)c1ccn(-c2cccc([N+](=O)[O-])c2)n1. The number of hydrogen-bond donors (Lipinski definition) is 2. The van der Waals surface area contributed by atoms with Crippen LogP contribution in [-0.2, 0) is 6.54 Å². The van der Waals surface area contributed by atoms with Crippen molar-refractivity contribution in [3.05, 3.63) is 106 Å². The first-order valence-corrected chi connectivity index (χ1v) is 10.9. The fourth-order valence-electron chi connectivity index (χ4n) is 3.64. The quantitative estimate of drug-likeness (QED) is 0.301. The third-order valence-electron chi connectivity index (χ3n) is 5.44. The van der Waals surface area contributed by atoms with Crippen molar-refractivity contribution in [1.82, 2.24) is 15.1 Å². The molecule has 11 heteroatoms. The van der Waals surface area contributed by atoms with Gasteiger partial charge in [-0.3, -0.25) is 19.7 Å². The summed E-state index contributed by atoms with van der Waals surface area (Å²) < 4.78 is 12.0. The second-order valence-corrected chi connectivity index (χ2v) is 7.79. The number of anilines is 1. The number of nitro benzene ring substituents is 1. The van der Waals surface area contributed by atoms with Gasteiger partial charge in [-0.2, -0.15) is 5.10 Å². The molecule has 3 aromatic carbocycles. The molecule has 0 unspecified atom stereocenters. The minimum atomic E-state index is -0.532. The Morgan fingerprint density at radius 3 is 2.67 bits per heavy atom. The van der Waals surface area contributed by atoms with Crippen LogP contribution in [0.2, 0.25) is 0 Å². The molecule has 0 spiro atoms. The molecule has 0 saturated heterocycles. The summed E-state index contributed by atoms with van der Waals surface area (Å²) >= 11 is 0. The molecule has 1 aliphatic rings. The van der Waals surface area contributed by atoms with Crippen molar-refractivity contribution in [1.29, 1.82) is 0 Å². The van der Waals surface area contributed by atoms with E-state index in [0.717, 1.165) is 5.56 Å². The molecule has 2 amide bonds. The van der Waals surface area contributed by atoms with Gasteiger partial charge in [0.05, 0.1) is 21.9 Å². The van der Waals surface area contributed by atoms with E-state index in [-0.39, 0.29) is 36.2 Å². The van der Waals surface area contributed by atoms with Gasteiger partial charge in [0.1, 0.15) is 0 Å². The molecule has 0 saturated carbocycles. The summed E-state index contributed by atoms with van der Waals surface area (Å²) in [5, 5.41) is 20.8. The van der Waals surface area contributed by atoms with E-state index in [1.165, 1.54) is 35.1 Å². The first-order chi connectivity index (χ1) is 17.5. The number of non-ortho nitro benzene ring substituents is 1. The van der Waals surface area contributed by atoms with Gasteiger partial charge in [-0.05, 0) is 42.0 Å². The van der Waals surface area contributed by atoms with Gasteiger partial charge >= 0.3 is 0 Å². The van der Waals surface area contributed by atoms with Gasteiger partial charge in [0.2, 0.25) is 6.79 Å². The second kappa shape index (κ2) is 9.58.